The quantitative estimate of drug-likeness (QED) is 0.198. The molecule has 1 aliphatic heterocycles. The Hall–Kier alpha value is -2.00. The summed E-state index contributed by atoms with van der Waals surface area (Å²) in [6.45, 7) is 6.23. The molecule has 5 nitrogen and oxygen atoms in total. The zero-order valence-corrected chi connectivity index (χ0v) is 26.2. The summed E-state index contributed by atoms with van der Waals surface area (Å²) in [6, 6.07) is 13.3. The zero-order valence-electron chi connectivity index (χ0n) is 23.9. The molecule has 2 aromatic rings. The molecule has 1 aliphatic carbocycles. The normalized spacial score (nSPS) is 24.6. The van der Waals surface area contributed by atoms with Crippen molar-refractivity contribution in [3.8, 4) is 0 Å². The van der Waals surface area contributed by atoms with Crippen molar-refractivity contribution in [2.75, 3.05) is 6.54 Å². The van der Waals surface area contributed by atoms with Gasteiger partial charge in [0.1, 0.15) is 0 Å². The number of piperidine rings is 1. The number of nitrogens with zero attached hydrogens (tertiary/aromatic N) is 2. The van der Waals surface area contributed by atoms with Crippen LogP contribution in [0.25, 0.3) is 0 Å². The fraction of sp³-hybridized carbons (Fsp3) is 0.516. The molecule has 0 spiro atoms. The molecule has 1 heterocycles. The molecule has 0 N–H and O–H groups in total. The molecule has 10 heteroatoms. The Morgan fingerprint density at radius 2 is 1.73 bits per heavy atom. The summed E-state index contributed by atoms with van der Waals surface area (Å²) in [5.41, 5.74) is 0.817. The van der Waals surface area contributed by atoms with Crippen molar-refractivity contribution < 1.29 is 22.0 Å². The molecule has 1 amide bonds. The van der Waals surface area contributed by atoms with Gasteiger partial charge in [-0.1, -0.05) is 60.5 Å². The highest BCUT2D eigenvalue weighted by Gasteiger charge is 2.55. The third-order valence-corrected chi connectivity index (χ3v) is 11.3. The van der Waals surface area contributed by atoms with Gasteiger partial charge in [-0.2, -0.15) is 8.78 Å². The maximum Gasteiger partial charge on any atom is 0.307 e. The fourth-order valence-corrected chi connectivity index (χ4v) is 7.60. The Balaban J connectivity index is 1.93. The van der Waals surface area contributed by atoms with Crippen molar-refractivity contribution in [3.05, 3.63) is 82.4 Å². The lowest BCUT2D eigenvalue weighted by Gasteiger charge is -2.53. The summed E-state index contributed by atoms with van der Waals surface area (Å²) in [4.78, 5) is 16.3. The summed E-state index contributed by atoms with van der Waals surface area (Å²) in [5.74, 6) is -0.566. The highest BCUT2D eigenvalue weighted by Crippen LogP contribution is 2.54. The lowest BCUT2D eigenvalue weighted by Crippen LogP contribution is -2.60. The number of allylic oxidation sites excluding steroid dienone is 1. The summed E-state index contributed by atoms with van der Waals surface area (Å²) in [6.07, 6.45) is 3.99. The Labute approximate surface area is 252 Å². The summed E-state index contributed by atoms with van der Waals surface area (Å²) in [7, 11) is -4.40. The molecule has 2 aliphatic rings. The second-order valence-corrected chi connectivity index (χ2v) is 16.0. The Bertz CT molecular complexity index is 1380. The number of amides is 1. The number of halogens is 4. The molecule has 1 saturated carbocycles. The van der Waals surface area contributed by atoms with Gasteiger partial charge in [-0.25, -0.2) is 8.42 Å². The van der Waals surface area contributed by atoms with Crippen LogP contribution in [0.15, 0.2) is 61.2 Å². The molecule has 0 radical (unpaired) electrons. The monoisotopic (exact) mass is 626 g/mol. The van der Waals surface area contributed by atoms with Crippen molar-refractivity contribution >= 4 is 39.1 Å². The molecule has 4 atom stereocenters. The lowest BCUT2D eigenvalue weighted by atomic mass is 9.67. The first kappa shape index (κ1) is 31.9. The maximum absolute atomic E-state index is 14.6. The number of hydrogen-bond donors (Lipinski definition) is 0. The van der Waals surface area contributed by atoms with Gasteiger partial charge >= 0.3 is 6.55 Å². The van der Waals surface area contributed by atoms with Crippen LogP contribution in [0.3, 0.4) is 0 Å². The lowest BCUT2D eigenvalue weighted by molar-refractivity contribution is -0.156. The van der Waals surface area contributed by atoms with Gasteiger partial charge < -0.3 is 4.90 Å². The third kappa shape index (κ3) is 6.51. The van der Waals surface area contributed by atoms with Crippen molar-refractivity contribution in [3.63, 3.8) is 0 Å². The van der Waals surface area contributed by atoms with E-state index >= 15 is 0 Å². The van der Waals surface area contributed by atoms with E-state index < -0.39 is 45.4 Å². The van der Waals surface area contributed by atoms with Crippen LogP contribution in [0.5, 0.6) is 0 Å². The first-order valence-corrected chi connectivity index (χ1v) is 16.0. The van der Waals surface area contributed by atoms with Crippen molar-refractivity contribution in [2.24, 2.45) is 11.3 Å². The summed E-state index contributed by atoms with van der Waals surface area (Å²) in [5, 5.41) is 1.07. The predicted octanol–water partition coefficient (Wildman–Crippen LogP) is 8.06. The molecule has 4 rings (SSSR count). The van der Waals surface area contributed by atoms with E-state index in [-0.39, 0.29) is 22.0 Å². The van der Waals surface area contributed by atoms with Crippen LogP contribution in [0, 0.1) is 11.3 Å². The molecule has 224 valence electrons. The average Bonchev–Trinajstić information content (AvgIpc) is 3.72. The molecular weight excluding hydrogens is 589 g/mol. The van der Waals surface area contributed by atoms with Crippen LogP contribution in [-0.2, 0) is 14.8 Å². The van der Waals surface area contributed by atoms with Gasteiger partial charge in [0, 0.05) is 28.5 Å². The third-order valence-electron chi connectivity index (χ3n) is 8.38. The van der Waals surface area contributed by atoms with Gasteiger partial charge in [0.25, 0.3) is 0 Å². The molecule has 1 saturated heterocycles. The molecule has 0 bridgehead atoms. The van der Waals surface area contributed by atoms with Crippen LogP contribution >= 0.6 is 23.2 Å². The number of likely N-dealkylation sites (tertiary alicyclic amines) is 1. The van der Waals surface area contributed by atoms with Crippen LogP contribution in [0.2, 0.25) is 10.0 Å². The average molecular weight is 628 g/mol. The number of hydrogen-bond acceptors (Lipinski definition) is 3. The predicted molar refractivity (Wildman–Crippen MR) is 161 cm³/mol. The van der Waals surface area contributed by atoms with Crippen molar-refractivity contribution in [1.29, 1.82) is 0 Å². The van der Waals surface area contributed by atoms with Gasteiger partial charge in [0.2, 0.25) is 15.9 Å². The zero-order chi connectivity index (χ0) is 30.3. The molecular formula is C31H38Cl2F2N2O3S. The molecule has 0 aromatic heterocycles. The molecule has 41 heavy (non-hydrogen) atoms. The van der Waals surface area contributed by atoms with Crippen LogP contribution < -0.4 is 0 Å². The van der Waals surface area contributed by atoms with Crippen molar-refractivity contribution in [1.82, 2.24) is 9.21 Å². The number of alkyl halides is 2. The number of rotatable bonds is 10. The van der Waals surface area contributed by atoms with E-state index in [9.17, 15) is 22.0 Å². The van der Waals surface area contributed by atoms with E-state index in [1.807, 2.05) is 37.3 Å². The number of sulfonamides is 1. The summed E-state index contributed by atoms with van der Waals surface area (Å²) < 4.78 is 54.7. The fourth-order valence-electron chi connectivity index (χ4n) is 6.02. The number of carbonyl (C=O) groups excluding carboxylic acids is 1. The van der Waals surface area contributed by atoms with E-state index in [4.69, 9.17) is 23.2 Å². The molecule has 2 fully saturated rings. The SMILES string of the molecule is C=CC[C@@]1(C)C[C@H](c2cccc(Cl)c2)C(c2ccc(Cl)cc2)N([C@H](CN(C(F)F)S(=O)(=O)C(C)(C)C)C2CC2)C1=O. The van der Waals surface area contributed by atoms with Gasteiger partial charge in [0.15, 0.2) is 0 Å². The standard InChI is InChI=1S/C31H38Cl2F2N2O3S/c1-6-16-31(5)18-25(22-8-7-9-24(33)17-22)27(21-12-14-23(32)15-13-21)37(28(31)38)26(20-10-11-20)19-36(29(34)35)41(39,40)30(2,3)4/h6-9,12-15,17,20,25-27,29H,1,10-11,16,18-19H2,2-5H3/t25-,26-,27?,31+/m1/s1. The highest BCUT2D eigenvalue weighted by atomic mass is 35.5. The van der Waals surface area contributed by atoms with E-state index in [2.05, 4.69) is 6.58 Å². The Morgan fingerprint density at radius 3 is 2.24 bits per heavy atom. The van der Waals surface area contributed by atoms with Crippen LogP contribution in [0.4, 0.5) is 8.78 Å². The number of carbonyl (C=O) groups is 1. The van der Waals surface area contributed by atoms with E-state index in [0.717, 1.165) is 11.1 Å². The minimum Gasteiger partial charge on any atom is -0.330 e. The highest BCUT2D eigenvalue weighted by molar-refractivity contribution is 7.90. The van der Waals surface area contributed by atoms with Crippen molar-refractivity contribution in [2.45, 2.75) is 82.7 Å². The largest absolute Gasteiger partial charge is 0.330 e. The Kier molecular flexibility index (Phi) is 9.30. The van der Waals surface area contributed by atoms with Crippen LogP contribution in [0.1, 0.15) is 76.5 Å². The molecule has 1 unspecified atom stereocenters. The second kappa shape index (κ2) is 11.9. The summed E-state index contributed by atoms with van der Waals surface area (Å²) >= 11 is 12.7. The second-order valence-electron chi connectivity index (χ2n) is 12.5. The van der Waals surface area contributed by atoms with E-state index in [1.54, 1.807) is 29.2 Å². The topological polar surface area (TPSA) is 57.7 Å². The van der Waals surface area contributed by atoms with Gasteiger partial charge in [-0.05, 0) is 87.8 Å². The number of benzene rings is 2. The first-order chi connectivity index (χ1) is 19.1. The smallest absolute Gasteiger partial charge is 0.307 e. The van der Waals surface area contributed by atoms with E-state index in [0.29, 0.717) is 35.7 Å². The minimum atomic E-state index is -4.40. The van der Waals surface area contributed by atoms with E-state index in [1.165, 1.54) is 20.8 Å². The van der Waals surface area contributed by atoms with Gasteiger partial charge in [-0.3, -0.25) is 4.79 Å². The minimum absolute atomic E-state index is 0.115. The van der Waals surface area contributed by atoms with Gasteiger partial charge in [-0.15, -0.1) is 10.9 Å². The first-order valence-electron chi connectivity index (χ1n) is 13.8. The Morgan fingerprint density at radius 1 is 1.10 bits per heavy atom. The van der Waals surface area contributed by atoms with Crippen LogP contribution in [-0.4, -0.2) is 47.4 Å². The maximum atomic E-state index is 14.6. The molecule has 2 aromatic carbocycles. The van der Waals surface area contributed by atoms with Gasteiger partial charge in [0.05, 0.1) is 16.2 Å².